The van der Waals surface area contributed by atoms with Crippen molar-refractivity contribution in [2.24, 2.45) is 0 Å². The Bertz CT molecular complexity index is 334. The number of hydrogen-bond acceptors (Lipinski definition) is 1. The van der Waals surface area contributed by atoms with Crippen LogP contribution in [0.15, 0.2) is 30.3 Å². The van der Waals surface area contributed by atoms with Gasteiger partial charge in [-0.3, -0.25) is 4.79 Å². The van der Waals surface area contributed by atoms with Crippen LogP contribution >= 0.6 is 0 Å². The molecule has 5 heteroatoms. The highest BCUT2D eigenvalue weighted by Gasteiger charge is 2.45. The van der Waals surface area contributed by atoms with Gasteiger partial charge in [0.1, 0.15) is 0 Å². The van der Waals surface area contributed by atoms with E-state index in [2.05, 4.69) is 0 Å². The number of amides is 1. The Hall–Kier alpha value is -1.52. The van der Waals surface area contributed by atoms with Crippen LogP contribution in [0.4, 0.5) is 13.2 Å². The van der Waals surface area contributed by atoms with E-state index in [1.165, 1.54) is 31.3 Å². The fourth-order valence-corrected chi connectivity index (χ4v) is 1.28. The maximum Gasteiger partial charge on any atom is 0.404 e. The molecule has 0 aliphatic carbocycles. The summed E-state index contributed by atoms with van der Waals surface area (Å²) in [5, 5.41) is 2.01. The molecule has 0 aliphatic heterocycles. The van der Waals surface area contributed by atoms with E-state index in [9.17, 15) is 18.0 Å². The van der Waals surface area contributed by atoms with Crippen LogP contribution in [-0.2, 0) is 4.79 Å². The van der Waals surface area contributed by atoms with Gasteiger partial charge >= 0.3 is 6.18 Å². The summed E-state index contributed by atoms with van der Waals surface area (Å²) in [6.45, 7) is 0. The van der Waals surface area contributed by atoms with E-state index in [-0.39, 0.29) is 5.56 Å². The average molecular weight is 217 g/mol. The van der Waals surface area contributed by atoms with Gasteiger partial charge in [-0.1, -0.05) is 30.3 Å². The number of benzene rings is 1. The molecule has 1 amide bonds. The molecule has 1 atom stereocenters. The van der Waals surface area contributed by atoms with Gasteiger partial charge in [0.25, 0.3) is 0 Å². The molecule has 1 aromatic carbocycles. The Morgan fingerprint density at radius 2 is 1.80 bits per heavy atom. The number of alkyl halides is 3. The van der Waals surface area contributed by atoms with Crippen LogP contribution in [0, 0.1) is 0 Å². The lowest BCUT2D eigenvalue weighted by atomic mass is 9.98. The topological polar surface area (TPSA) is 29.1 Å². The third kappa shape index (κ3) is 2.71. The summed E-state index contributed by atoms with van der Waals surface area (Å²) in [7, 11) is 1.18. The van der Waals surface area contributed by atoms with E-state index in [0.29, 0.717) is 0 Å². The van der Waals surface area contributed by atoms with Crippen molar-refractivity contribution in [3.05, 3.63) is 35.9 Å². The van der Waals surface area contributed by atoms with Crippen molar-refractivity contribution in [2.45, 2.75) is 12.1 Å². The van der Waals surface area contributed by atoms with Crippen molar-refractivity contribution >= 4 is 5.91 Å². The first-order chi connectivity index (χ1) is 6.96. The van der Waals surface area contributed by atoms with Gasteiger partial charge in [0.15, 0.2) is 5.92 Å². The molecule has 2 nitrogen and oxygen atoms in total. The molecule has 0 bridgehead atoms. The van der Waals surface area contributed by atoms with E-state index < -0.39 is 18.0 Å². The summed E-state index contributed by atoms with van der Waals surface area (Å²) in [5.74, 6) is -3.14. The van der Waals surface area contributed by atoms with Crippen LogP contribution in [0.25, 0.3) is 0 Å². The lowest BCUT2D eigenvalue weighted by molar-refractivity contribution is -0.164. The summed E-state index contributed by atoms with van der Waals surface area (Å²) in [5.41, 5.74) is -0.0515. The van der Waals surface area contributed by atoms with E-state index >= 15 is 0 Å². The van der Waals surface area contributed by atoms with Crippen LogP contribution in [0.3, 0.4) is 0 Å². The van der Waals surface area contributed by atoms with Gasteiger partial charge in [-0.2, -0.15) is 13.2 Å². The summed E-state index contributed by atoms with van der Waals surface area (Å²) < 4.78 is 37.7. The number of rotatable bonds is 2. The van der Waals surface area contributed by atoms with Crippen molar-refractivity contribution in [2.75, 3.05) is 7.05 Å². The van der Waals surface area contributed by atoms with Crippen molar-refractivity contribution in [1.29, 1.82) is 0 Å². The number of halogens is 3. The van der Waals surface area contributed by atoms with Gasteiger partial charge in [0.2, 0.25) is 5.91 Å². The highest BCUT2D eigenvalue weighted by molar-refractivity contribution is 5.84. The second-order valence-electron chi connectivity index (χ2n) is 3.00. The van der Waals surface area contributed by atoms with Gasteiger partial charge in [-0.25, -0.2) is 0 Å². The molecule has 1 unspecified atom stereocenters. The van der Waals surface area contributed by atoms with E-state index in [4.69, 9.17) is 0 Å². The van der Waals surface area contributed by atoms with E-state index in [1.54, 1.807) is 6.07 Å². The zero-order valence-corrected chi connectivity index (χ0v) is 8.01. The molecule has 0 heterocycles. The minimum atomic E-state index is -4.57. The Labute approximate surface area is 85.1 Å². The smallest absolute Gasteiger partial charge is 0.358 e. The SMILES string of the molecule is CNC(=O)C(c1ccccc1)C(F)(F)F. The molecule has 0 saturated carbocycles. The molecule has 0 spiro atoms. The van der Waals surface area contributed by atoms with Crippen molar-refractivity contribution in [1.82, 2.24) is 5.32 Å². The van der Waals surface area contributed by atoms with Gasteiger partial charge in [-0.15, -0.1) is 0 Å². The first-order valence-electron chi connectivity index (χ1n) is 4.30. The van der Waals surface area contributed by atoms with Crippen LogP contribution < -0.4 is 5.32 Å². The molecule has 0 fully saturated rings. The monoisotopic (exact) mass is 217 g/mol. The van der Waals surface area contributed by atoms with Gasteiger partial charge in [0.05, 0.1) is 0 Å². The minimum absolute atomic E-state index is 0.0515. The zero-order chi connectivity index (χ0) is 11.5. The van der Waals surface area contributed by atoms with Crippen LogP contribution in [0.1, 0.15) is 11.5 Å². The fraction of sp³-hybridized carbons (Fsp3) is 0.300. The molecule has 1 rings (SSSR count). The van der Waals surface area contributed by atoms with Crippen LogP contribution in [-0.4, -0.2) is 19.1 Å². The summed E-state index contributed by atoms with van der Waals surface area (Å²) in [6.07, 6.45) is -4.57. The third-order valence-electron chi connectivity index (χ3n) is 1.97. The molecule has 1 aromatic rings. The minimum Gasteiger partial charge on any atom is -0.358 e. The Morgan fingerprint density at radius 1 is 1.27 bits per heavy atom. The summed E-state index contributed by atoms with van der Waals surface area (Å²) >= 11 is 0. The maximum atomic E-state index is 12.6. The summed E-state index contributed by atoms with van der Waals surface area (Å²) in [6, 6.07) is 7.11. The van der Waals surface area contributed by atoms with Crippen molar-refractivity contribution in [3.8, 4) is 0 Å². The normalized spacial score (nSPS) is 13.3. The number of hydrogen-bond donors (Lipinski definition) is 1. The van der Waals surface area contributed by atoms with E-state index in [1.807, 2.05) is 5.32 Å². The highest BCUT2D eigenvalue weighted by atomic mass is 19.4. The molecule has 15 heavy (non-hydrogen) atoms. The molecule has 1 N–H and O–H groups in total. The maximum absolute atomic E-state index is 12.6. The highest BCUT2D eigenvalue weighted by Crippen LogP contribution is 2.34. The van der Waals surface area contributed by atoms with Crippen LogP contribution in [0.5, 0.6) is 0 Å². The Kier molecular flexibility index (Phi) is 3.34. The lowest BCUT2D eigenvalue weighted by Gasteiger charge is -2.18. The number of likely N-dealkylation sites (N-methyl/N-ethyl adjacent to an activating group) is 1. The Balaban J connectivity index is 3.08. The lowest BCUT2D eigenvalue weighted by Crippen LogP contribution is -2.35. The number of nitrogens with one attached hydrogen (secondary N) is 1. The largest absolute Gasteiger partial charge is 0.404 e. The number of carbonyl (C=O) groups excluding carboxylic acids is 1. The standard InChI is InChI=1S/C10H10F3NO/c1-14-9(15)8(10(11,12)13)7-5-3-2-4-6-7/h2-6,8H,1H3,(H,14,15). The van der Waals surface area contributed by atoms with Gasteiger partial charge in [0, 0.05) is 7.05 Å². The molecule has 0 radical (unpaired) electrons. The van der Waals surface area contributed by atoms with Gasteiger partial charge < -0.3 is 5.32 Å². The van der Waals surface area contributed by atoms with Crippen molar-refractivity contribution < 1.29 is 18.0 Å². The predicted octanol–water partition coefficient (Wildman–Crippen LogP) is 2.08. The van der Waals surface area contributed by atoms with E-state index in [0.717, 1.165) is 0 Å². The molecule has 0 aliphatic rings. The fourth-order valence-electron chi connectivity index (χ4n) is 1.28. The quantitative estimate of drug-likeness (QED) is 0.807. The molecule has 82 valence electrons. The molecular weight excluding hydrogens is 207 g/mol. The second kappa shape index (κ2) is 4.33. The average Bonchev–Trinajstić information content (AvgIpc) is 2.17. The van der Waals surface area contributed by atoms with Gasteiger partial charge in [-0.05, 0) is 5.56 Å². The second-order valence-corrected chi connectivity index (χ2v) is 3.00. The third-order valence-corrected chi connectivity index (χ3v) is 1.97. The van der Waals surface area contributed by atoms with Crippen molar-refractivity contribution in [3.63, 3.8) is 0 Å². The predicted molar refractivity (Wildman–Crippen MR) is 49.3 cm³/mol. The molecule has 0 saturated heterocycles. The first-order valence-corrected chi connectivity index (χ1v) is 4.30. The van der Waals surface area contributed by atoms with Crippen LogP contribution in [0.2, 0.25) is 0 Å². The number of carbonyl (C=O) groups is 1. The Morgan fingerprint density at radius 3 is 2.20 bits per heavy atom. The molecular formula is C10H10F3NO. The first kappa shape index (κ1) is 11.6. The summed E-state index contributed by atoms with van der Waals surface area (Å²) in [4.78, 5) is 11.1. The molecule has 0 aromatic heterocycles. The zero-order valence-electron chi connectivity index (χ0n) is 8.01.